The van der Waals surface area contributed by atoms with Crippen LogP contribution in [0.15, 0.2) is 29.3 Å². The van der Waals surface area contributed by atoms with Gasteiger partial charge in [-0.15, -0.1) is 24.0 Å². The van der Waals surface area contributed by atoms with Gasteiger partial charge in [-0.3, -0.25) is 4.79 Å². The van der Waals surface area contributed by atoms with Gasteiger partial charge in [-0.05, 0) is 51.3 Å². The third-order valence-electron chi connectivity index (χ3n) is 4.96. The van der Waals surface area contributed by atoms with Crippen LogP contribution in [-0.2, 0) is 6.54 Å². The zero-order chi connectivity index (χ0) is 18.8. The molecule has 1 amide bonds. The molecule has 0 spiro atoms. The molecule has 5 nitrogen and oxygen atoms in total. The van der Waals surface area contributed by atoms with Gasteiger partial charge >= 0.3 is 0 Å². The Bertz CT molecular complexity index is 578. The fourth-order valence-electron chi connectivity index (χ4n) is 3.38. The summed E-state index contributed by atoms with van der Waals surface area (Å²) in [6.07, 6.45) is 6.42. The molecule has 0 aliphatic heterocycles. The maximum Gasteiger partial charge on any atom is 0.253 e. The summed E-state index contributed by atoms with van der Waals surface area (Å²) in [5.74, 6) is 0.986. The van der Waals surface area contributed by atoms with Gasteiger partial charge in [0.25, 0.3) is 5.91 Å². The summed E-state index contributed by atoms with van der Waals surface area (Å²) in [4.78, 5) is 18.9. The summed E-state index contributed by atoms with van der Waals surface area (Å²) in [6, 6.07) is 8.37. The molecule has 1 fully saturated rings. The van der Waals surface area contributed by atoms with Crippen molar-refractivity contribution in [1.29, 1.82) is 0 Å². The molecular weight excluding hydrogens is 451 g/mol. The van der Waals surface area contributed by atoms with Gasteiger partial charge in [0.2, 0.25) is 0 Å². The Balaban J connectivity index is 0.00000364. The summed E-state index contributed by atoms with van der Waals surface area (Å²) in [6.45, 7) is 9.04. The molecule has 1 aromatic carbocycles. The van der Waals surface area contributed by atoms with Crippen LogP contribution in [0.2, 0.25) is 0 Å². The quantitative estimate of drug-likeness (QED) is 0.346. The number of benzene rings is 1. The highest BCUT2D eigenvalue weighted by Gasteiger charge is 2.14. The molecule has 0 heterocycles. The molecule has 0 radical (unpaired) electrons. The molecule has 1 saturated carbocycles. The molecule has 0 saturated heterocycles. The number of carbonyl (C=O) groups is 1. The van der Waals surface area contributed by atoms with Crippen molar-refractivity contribution >= 4 is 35.8 Å². The van der Waals surface area contributed by atoms with Crippen molar-refractivity contribution in [1.82, 2.24) is 15.5 Å². The number of halogens is 1. The number of hydrogen-bond acceptors (Lipinski definition) is 2. The van der Waals surface area contributed by atoms with Crippen molar-refractivity contribution < 1.29 is 4.79 Å². The number of amides is 1. The topological polar surface area (TPSA) is 56.7 Å². The summed E-state index contributed by atoms with van der Waals surface area (Å²) >= 11 is 0. The van der Waals surface area contributed by atoms with E-state index >= 15 is 0 Å². The summed E-state index contributed by atoms with van der Waals surface area (Å²) in [5.41, 5.74) is 1.86. The molecule has 1 aromatic rings. The van der Waals surface area contributed by atoms with Crippen molar-refractivity contribution in [3.63, 3.8) is 0 Å². The second kappa shape index (κ2) is 13.0. The third-order valence-corrected chi connectivity index (χ3v) is 4.96. The molecule has 152 valence electrons. The normalized spacial score (nSPS) is 15.0. The highest BCUT2D eigenvalue weighted by atomic mass is 127. The highest BCUT2D eigenvalue weighted by Crippen LogP contribution is 2.17. The van der Waals surface area contributed by atoms with Crippen molar-refractivity contribution in [2.75, 3.05) is 19.6 Å². The number of rotatable bonds is 7. The lowest BCUT2D eigenvalue weighted by Crippen LogP contribution is -2.44. The van der Waals surface area contributed by atoms with Gasteiger partial charge in [0.05, 0.1) is 6.54 Å². The molecule has 0 unspecified atom stereocenters. The minimum absolute atomic E-state index is 0. The first-order valence-electron chi connectivity index (χ1n) is 10.1. The number of aliphatic imine (C=N–C) groups is 1. The number of nitrogens with one attached hydrogen (secondary N) is 2. The van der Waals surface area contributed by atoms with Crippen molar-refractivity contribution in [2.24, 2.45) is 4.99 Å². The van der Waals surface area contributed by atoms with Gasteiger partial charge in [0, 0.05) is 31.2 Å². The van der Waals surface area contributed by atoms with Gasteiger partial charge in [-0.25, -0.2) is 4.99 Å². The van der Waals surface area contributed by atoms with E-state index in [2.05, 4.69) is 17.6 Å². The van der Waals surface area contributed by atoms with Crippen LogP contribution in [-0.4, -0.2) is 42.4 Å². The first-order valence-corrected chi connectivity index (χ1v) is 10.1. The van der Waals surface area contributed by atoms with Crippen LogP contribution in [0.4, 0.5) is 0 Å². The lowest BCUT2D eigenvalue weighted by atomic mass is 9.96. The average Bonchev–Trinajstić information content (AvgIpc) is 2.68. The summed E-state index contributed by atoms with van der Waals surface area (Å²) in [5, 5.41) is 6.90. The number of nitrogens with zero attached hydrogens (tertiary/aromatic N) is 2. The molecule has 1 aliphatic carbocycles. The molecule has 1 aliphatic rings. The zero-order valence-electron chi connectivity index (χ0n) is 17.0. The lowest BCUT2D eigenvalue weighted by Gasteiger charge is -2.24. The van der Waals surface area contributed by atoms with E-state index in [0.717, 1.165) is 36.7 Å². The van der Waals surface area contributed by atoms with E-state index < -0.39 is 0 Å². The molecule has 27 heavy (non-hydrogen) atoms. The monoisotopic (exact) mass is 486 g/mol. The highest BCUT2D eigenvalue weighted by molar-refractivity contribution is 14.0. The van der Waals surface area contributed by atoms with Crippen LogP contribution >= 0.6 is 24.0 Å². The predicted octanol–water partition coefficient (Wildman–Crippen LogP) is 4.17. The van der Waals surface area contributed by atoms with Crippen LogP contribution in [0.5, 0.6) is 0 Å². The lowest BCUT2D eigenvalue weighted by molar-refractivity contribution is 0.0773. The van der Waals surface area contributed by atoms with E-state index in [4.69, 9.17) is 4.99 Å². The minimum atomic E-state index is 0. The Labute approximate surface area is 181 Å². The number of guanidine groups is 1. The van der Waals surface area contributed by atoms with Gasteiger partial charge in [-0.1, -0.05) is 31.4 Å². The second-order valence-electron chi connectivity index (χ2n) is 6.85. The van der Waals surface area contributed by atoms with Crippen molar-refractivity contribution in [2.45, 2.75) is 65.5 Å². The Kier molecular flexibility index (Phi) is 11.4. The maximum absolute atomic E-state index is 12.4. The second-order valence-corrected chi connectivity index (χ2v) is 6.85. The standard InChI is InChI=1S/C21H34N4O.HI/c1-4-22-21(24-19-10-8-7-9-11-19)23-16-17-12-14-18(15-13-17)20(26)25(5-2)6-3;/h12-15,19H,4-11,16H2,1-3H3,(H2,22,23,24);1H. The van der Waals surface area contributed by atoms with Gasteiger partial charge in [0.15, 0.2) is 5.96 Å². The zero-order valence-corrected chi connectivity index (χ0v) is 19.3. The van der Waals surface area contributed by atoms with E-state index in [1.807, 2.05) is 43.0 Å². The Hall–Kier alpha value is -1.31. The molecule has 2 rings (SSSR count). The van der Waals surface area contributed by atoms with Crippen LogP contribution in [0.25, 0.3) is 0 Å². The molecule has 0 bridgehead atoms. The first-order chi connectivity index (χ1) is 12.7. The Morgan fingerprint density at radius 2 is 1.70 bits per heavy atom. The SMILES string of the molecule is CCNC(=NCc1ccc(C(=O)N(CC)CC)cc1)NC1CCCCC1.I. The molecule has 0 aromatic heterocycles. The van der Waals surface area contributed by atoms with Crippen LogP contribution in [0, 0.1) is 0 Å². The van der Waals surface area contributed by atoms with E-state index in [-0.39, 0.29) is 29.9 Å². The van der Waals surface area contributed by atoms with Gasteiger partial charge < -0.3 is 15.5 Å². The number of hydrogen-bond donors (Lipinski definition) is 2. The Morgan fingerprint density at radius 1 is 1.07 bits per heavy atom. The maximum atomic E-state index is 12.4. The minimum Gasteiger partial charge on any atom is -0.357 e. The molecule has 0 atom stereocenters. The van der Waals surface area contributed by atoms with E-state index in [9.17, 15) is 4.79 Å². The third kappa shape index (κ3) is 7.68. The Morgan fingerprint density at radius 3 is 2.26 bits per heavy atom. The smallest absolute Gasteiger partial charge is 0.253 e. The fourth-order valence-corrected chi connectivity index (χ4v) is 3.38. The largest absolute Gasteiger partial charge is 0.357 e. The molecular formula is C21H35IN4O. The predicted molar refractivity (Wildman–Crippen MR) is 124 cm³/mol. The van der Waals surface area contributed by atoms with Crippen LogP contribution < -0.4 is 10.6 Å². The van der Waals surface area contributed by atoms with E-state index in [1.165, 1.54) is 32.1 Å². The summed E-state index contributed by atoms with van der Waals surface area (Å²) < 4.78 is 0. The van der Waals surface area contributed by atoms with E-state index in [1.54, 1.807) is 0 Å². The number of carbonyl (C=O) groups excluding carboxylic acids is 1. The molecule has 6 heteroatoms. The van der Waals surface area contributed by atoms with Crippen LogP contribution in [0.1, 0.15) is 68.8 Å². The van der Waals surface area contributed by atoms with Crippen molar-refractivity contribution in [3.05, 3.63) is 35.4 Å². The fraction of sp³-hybridized carbons (Fsp3) is 0.619. The average molecular weight is 486 g/mol. The van der Waals surface area contributed by atoms with Gasteiger partial charge in [-0.2, -0.15) is 0 Å². The van der Waals surface area contributed by atoms with Crippen molar-refractivity contribution in [3.8, 4) is 0 Å². The first kappa shape index (κ1) is 23.7. The van der Waals surface area contributed by atoms with Gasteiger partial charge in [0.1, 0.15) is 0 Å². The van der Waals surface area contributed by atoms with Crippen LogP contribution in [0.3, 0.4) is 0 Å². The van der Waals surface area contributed by atoms with E-state index in [0.29, 0.717) is 12.6 Å². The molecule has 2 N–H and O–H groups in total. The summed E-state index contributed by atoms with van der Waals surface area (Å²) in [7, 11) is 0.